The third-order valence-electron chi connectivity index (χ3n) is 3.17. The number of aliphatic carboxylic acids is 1. The van der Waals surface area contributed by atoms with E-state index in [9.17, 15) is 18.0 Å². The van der Waals surface area contributed by atoms with Crippen LogP contribution in [-0.2, 0) is 24.3 Å². The summed E-state index contributed by atoms with van der Waals surface area (Å²) in [6.45, 7) is 0.0305. The molecule has 25 heavy (non-hydrogen) atoms. The molecule has 140 valence electrons. The first-order chi connectivity index (χ1) is 11.8. The van der Waals surface area contributed by atoms with Crippen molar-refractivity contribution in [2.24, 2.45) is 0 Å². The number of hydrogen-bond donors (Lipinski definition) is 2. The van der Waals surface area contributed by atoms with Crippen LogP contribution in [0, 0.1) is 0 Å². The first-order valence-electron chi connectivity index (χ1n) is 7.40. The van der Waals surface area contributed by atoms with Gasteiger partial charge in [0, 0.05) is 32.9 Å². The molecule has 1 amide bonds. The fourth-order valence-corrected chi connectivity index (χ4v) is 3.02. The molecule has 0 saturated heterocycles. The van der Waals surface area contributed by atoms with Crippen LogP contribution in [0.2, 0.25) is 0 Å². The molecule has 0 spiro atoms. The molecular weight excluding hydrogens is 352 g/mol. The van der Waals surface area contributed by atoms with Gasteiger partial charge in [0.25, 0.3) is 5.91 Å². The van der Waals surface area contributed by atoms with Crippen molar-refractivity contribution >= 4 is 21.9 Å². The molecule has 0 aromatic heterocycles. The zero-order valence-electron chi connectivity index (χ0n) is 14.1. The molecule has 0 heterocycles. The maximum absolute atomic E-state index is 12.5. The summed E-state index contributed by atoms with van der Waals surface area (Å²) < 4.78 is 36.4. The van der Waals surface area contributed by atoms with Crippen LogP contribution >= 0.6 is 0 Å². The summed E-state index contributed by atoms with van der Waals surface area (Å²) in [6.07, 6.45) is 0. The second-order valence-electron chi connectivity index (χ2n) is 5.03. The first-order valence-corrected chi connectivity index (χ1v) is 8.88. The number of carboxylic acids is 1. The summed E-state index contributed by atoms with van der Waals surface area (Å²) in [6, 6.07) is 5.41. The third-order valence-corrected chi connectivity index (χ3v) is 4.63. The predicted molar refractivity (Wildman–Crippen MR) is 88.9 cm³/mol. The number of carbonyl (C=O) groups is 2. The van der Waals surface area contributed by atoms with Gasteiger partial charge < -0.3 is 19.5 Å². The number of rotatable bonds is 11. The Kier molecular flexibility index (Phi) is 8.49. The smallest absolute Gasteiger partial charge is 0.323 e. The van der Waals surface area contributed by atoms with Gasteiger partial charge in [0.15, 0.2) is 0 Å². The van der Waals surface area contributed by atoms with Crippen LogP contribution < -0.4 is 4.72 Å². The summed E-state index contributed by atoms with van der Waals surface area (Å²) in [4.78, 5) is 24.4. The molecule has 1 aromatic carbocycles. The maximum Gasteiger partial charge on any atom is 0.323 e. The van der Waals surface area contributed by atoms with Crippen molar-refractivity contribution in [3.63, 3.8) is 0 Å². The lowest BCUT2D eigenvalue weighted by atomic mass is 10.2. The summed E-state index contributed by atoms with van der Waals surface area (Å²) in [5.74, 6) is -1.76. The number of benzene rings is 1. The van der Waals surface area contributed by atoms with E-state index in [4.69, 9.17) is 14.6 Å². The van der Waals surface area contributed by atoms with Crippen molar-refractivity contribution < 1.29 is 32.6 Å². The Labute approximate surface area is 146 Å². The molecule has 1 aromatic rings. The molecule has 10 heteroatoms. The van der Waals surface area contributed by atoms with E-state index in [0.29, 0.717) is 0 Å². The van der Waals surface area contributed by atoms with Gasteiger partial charge in [-0.25, -0.2) is 13.1 Å². The van der Waals surface area contributed by atoms with Crippen molar-refractivity contribution in [2.45, 2.75) is 4.90 Å². The summed E-state index contributed by atoms with van der Waals surface area (Å²) in [5, 5.41) is 8.93. The molecule has 0 radical (unpaired) electrons. The predicted octanol–water partition coefficient (Wildman–Crippen LogP) is -0.215. The lowest BCUT2D eigenvalue weighted by Crippen LogP contribution is -2.38. The van der Waals surface area contributed by atoms with Crippen molar-refractivity contribution in [1.29, 1.82) is 0 Å². The van der Waals surface area contributed by atoms with Crippen LogP contribution in [-0.4, -0.2) is 77.4 Å². The molecule has 0 aliphatic heterocycles. The molecule has 0 fully saturated rings. The van der Waals surface area contributed by atoms with Gasteiger partial charge in [-0.2, -0.15) is 0 Å². The fourth-order valence-electron chi connectivity index (χ4n) is 1.96. The van der Waals surface area contributed by atoms with Gasteiger partial charge in [-0.15, -0.1) is 0 Å². The minimum atomic E-state index is -3.80. The number of carbonyl (C=O) groups excluding carboxylic acids is 1. The molecule has 1 rings (SSSR count). The zero-order valence-corrected chi connectivity index (χ0v) is 14.9. The molecule has 0 aliphatic carbocycles. The number of methoxy groups -OCH3 is 2. The van der Waals surface area contributed by atoms with Crippen molar-refractivity contribution in [3.8, 4) is 0 Å². The highest BCUT2D eigenvalue weighted by Crippen LogP contribution is 2.13. The van der Waals surface area contributed by atoms with Gasteiger partial charge in [0.2, 0.25) is 10.0 Å². The SMILES string of the molecule is COCCNS(=O)(=O)c1cccc(C(=O)N(CCOC)CC(=O)O)c1. The topological polar surface area (TPSA) is 122 Å². The third kappa shape index (κ3) is 6.78. The van der Waals surface area contributed by atoms with Crippen LogP contribution in [0.5, 0.6) is 0 Å². The van der Waals surface area contributed by atoms with Crippen LogP contribution in [0.25, 0.3) is 0 Å². The molecule has 2 N–H and O–H groups in total. The number of nitrogens with zero attached hydrogens (tertiary/aromatic N) is 1. The Morgan fingerprint density at radius 2 is 1.88 bits per heavy atom. The quantitative estimate of drug-likeness (QED) is 0.514. The van der Waals surface area contributed by atoms with E-state index >= 15 is 0 Å². The molecule has 9 nitrogen and oxygen atoms in total. The number of sulfonamides is 1. The minimum Gasteiger partial charge on any atom is -0.480 e. The number of hydrogen-bond acceptors (Lipinski definition) is 6. The summed E-state index contributed by atoms with van der Waals surface area (Å²) in [7, 11) is -0.914. The molecular formula is C15H22N2O7S. The Balaban J connectivity index is 3.00. The van der Waals surface area contributed by atoms with Crippen LogP contribution in [0.4, 0.5) is 0 Å². The van der Waals surface area contributed by atoms with Crippen LogP contribution in [0.15, 0.2) is 29.2 Å². The summed E-state index contributed by atoms with van der Waals surface area (Å²) in [5.41, 5.74) is 0.0759. The Morgan fingerprint density at radius 1 is 1.20 bits per heavy atom. The van der Waals surface area contributed by atoms with E-state index in [-0.39, 0.29) is 36.8 Å². The first kappa shape index (κ1) is 21.0. The van der Waals surface area contributed by atoms with Crippen molar-refractivity contribution in [3.05, 3.63) is 29.8 Å². The number of nitrogens with one attached hydrogen (secondary N) is 1. The van der Waals surface area contributed by atoms with E-state index in [1.54, 1.807) is 0 Å². The van der Waals surface area contributed by atoms with E-state index in [2.05, 4.69) is 4.72 Å². The van der Waals surface area contributed by atoms with E-state index in [1.807, 2.05) is 0 Å². The van der Waals surface area contributed by atoms with E-state index in [1.165, 1.54) is 38.5 Å². The second kappa shape index (κ2) is 10.1. The normalized spacial score (nSPS) is 11.3. The van der Waals surface area contributed by atoms with Gasteiger partial charge >= 0.3 is 5.97 Å². The van der Waals surface area contributed by atoms with Gasteiger partial charge in [-0.1, -0.05) is 6.07 Å². The average Bonchev–Trinajstić information content (AvgIpc) is 2.58. The Bertz CT molecular complexity index is 691. The molecule has 0 aliphatic rings. The van der Waals surface area contributed by atoms with Crippen molar-refractivity contribution in [2.75, 3.05) is 47.1 Å². The highest BCUT2D eigenvalue weighted by Gasteiger charge is 2.21. The second-order valence-corrected chi connectivity index (χ2v) is 6.80. The lowest BCUT2D eigenvalue weighted by molar-refractivity contribution is -0.137. The summed E-state index contributed by atoms with van der Waals surface area (Å²) >= 11 is 0. The molecule has 0 bridgehead atoms. The number of amides is 1. The maximum atomic E-state index is 12.5. The van der Waals surface area contributed by atoms with Gasteiger partial charge in [-0.3, -0.25) is 9.59 Å². The molecule has 0 saturated carbocycles. The Morgan fingerprint density at radius 3 is 2.48 bits per heavy atom. The largest absolute Gasteiger partial charge is 0.480 e. The van der Waals surface area contributed by atoms with Crippen molar-refractivity contribution in [1.82, 2.24) is 9.62 Å². The average molecular weight is 374 g/mol. The standard InChI is InChI=1S/C15H22N2O7S/c1-23-8-6-16-25(21,22)13-5-3-4-12(10-13)15(20)17(7-9-24-2)11-14(18)19/h3-5,10,16H,6-9,11H2,1-2H3,(H,18,19). The number of ether oxygens (including phenoxy) is 2. The fraction of sp³-hybridized carbons (Fsp3) is 0.467. The lowest BCUT2D eigenvalue weighted by Gasteiger charge is -2.20. The molecule has 0 unspecified atom stereocenters. The Hall–Kier alpha value is -2.01. The van der Waals surface area contributed by atoms with Crippen LogP contribution in [0.3, 0.4) is 0 Å². The van der Waals surface area contributed by atoms with E-state index in [0.717, 1.165) is 4.90 Å². The zero-order chi connectivity index (χ0) is 18.9. The highest BCUT2D eigenvalue weighted by molar-refractivity contribution is 7.89. The molecule has 0 atom stereocenters. The highest BCUT2D eigenvalue weighted by atomic mass is 32.2. The number of carboxylic acid groups (broad SMARTS) is 1. The van der Waals surface area contributed by atoms with Gasteiger partial charge in [0.05, 0.1) is 18.1 Å². The van der Waals surface area contributed by atoms with Gasteiger partial charge in [0.1, 0.15) is 6.54 Å². The van der Waals surface area contributed by atoms with Gasteiger partial charge in [-0.05, 0) is 18.2 Å². The monoisotopic (exact) mass is 374 g/mol. The minimum absolute atomic E-state index is 0.0741. The van der Waals surface area contributed by atoms with Crippen LogP contribution in [0.1, 0.15) is 10.4 Å². The van der Waals surface area contributed by atoms with E-state index < -0.39 is 28.4 Å².